The van der Waals surface area contributed by atoms with Gasteiger partial charge in [0.05, 0.1) is 0 Å². The molecule has 0 aromatic heterocycles. The maximum atomic E-state index is 10.8. The average molecular weight is 233 g/mol. The lowest BCUT2D eigenvalue weighted by Gasteiger charge is -2.14. The Labute approximate surface area is 95.8 Å². The van der Waals surface area contributed by atoms with Gasteiger partial charge in [-0.15, -0.1) is 0 Å². The molecule has 0 fully saturated rings. The summed E-state index contributed by atoms with van der Waals surface area (Å²) in [6.07, 6.45) is 3.28. The highest BCUT2D eigenvalue weighted by Crippen LogP contribution is 2.03. The van der Waals surface area contributed by atoms with Crippen LogP contribution in [0.25, 0.3) is 0 Å². The molecule has 3 nitrogen and oxygen atoms in total. The lowest BCUT2D eigenvalue weighted by molar-refractivity contribution is 0.121. The molecule has 0 spiro atoms. The van der Waals surface area contributed by atoms with Crippen LogP contribution >= 0.6 is 9.24 Å². The number of carbonyl (C=O) groups excluding carboxylic acids is 1. The van der Waals surface area contributed by atoms with Gasteiger partial charge in [-0.05, 0) is 34.4 Å². The number of hydrogen-bond donors (Lipinski definition) is 0. The highest BCUT2D eigenvalue weighted by Gasteiger charge is 2.00. The second-order valence-corrected chi connectivity index (χ2v) is 4.76. The topological polar surface area (TPSA) is 29.5 Å². The van der Waals surface area contributed by atoms with E-state index in [0.717, 1.165) is 38.5 Å². The van der Waals surface area contributed by atoms with E-state index in [2.05, 4.69) is 23.1 Å². The third-order valence-electron chi connectivity index (χ3n) is 2.23. The fourth-order valence-corrected chi connectivity index (χ4v) is 1.34. The number of nitrogens with zero attached hydrogens (tertiary/aromatic N) is 1. The van der Waals surface area contributed by atoms with Crippen molar-refractivity contribution < 1.29 is 9.53 Å². The molecule has 0 saturated heterocycles. The van der Waals surface area contributed by atoms with Gasteiger partial charge < -0.3 is 9.64 Å². The Morgan fingerprint density at radius 3 is 2.47 bits per heavy atom. The first kappa shape index (κ1) is 14.9. The Hall–Kier alpha value is -0.140. The molecule has 0 radical (unpaired) electrons. The number of hydrogen-bond acceptors (Lipinski definition) is 2. The molecule has 0 bridgehead atoms. The van der Waals surface area contributed by atoms with Crippen LogP contribution in [0.1, 0.15) is 33.1 Å². The zero-order valence-corrected chi connectivity index (χ0v) is 11.3. The molecule has 0 aromatic carbocycles. The van der Waals surface area contributed by atoms with Gasteiger partial charge in [-0.1, -0.05) is 13.8 Å². The summed E-state index contributed by atoms with van der Waals surface area (Å²) in [5.74, 6) is 0.759. The summed E-state index contributed by atoms with van der Waals surface area (Å²) in [7, 11) is 3.97. The van der Waals surface area contributed by atoms with Gasteiger partial charge in [0.2, 0.25) is 5.65 Å². The Balaban J connectivity index is 3.15. The van der Waals surface area contributed by atoms with E-state index in [1.807, 2.05) is 0 Å². The lowest BCUT2D eigenvalue weighted by atomic mass is 10.1. The molecule has 1 amide bonds. The molecule has 15 heavy (non-hydrogen) atoms. The minimum absolute atomic E-state index is 0.0369. The summed E-state index contributed by atoms with van der Waals surface area (Å²) in [5.41, 5.74) is 0.0369. The number of rotatable bonds is 8. The molecule has 0 aliphatic rings. The first-order valence-corrected chi connectivity index (χ1v) is 6.20. The fraction of sp³-hybridized carbons (Fsp3) is 0.909. The monoisotopic (exact) mass is 233 g/mol. The van der Waals surface area contributed by atoms with Gasteiger partial charge in [-0.3, -0.25) is 4.79 Å². The minimum Gasteiger partial charge on any atom is -0.381 e. The van der Waals surface area contributed by atoms with E-state index < -0.39 is 0 Å². The predicted octanol–water partition coefficient (Wildman–Crippen LogP) is 2.76. The summed E-state index contributed by atoms with van der Waals surface area (Å²) < 4.78 is 5.47. The molecule has 4 heteroatoms. The molecule has 0 aromatic rings. The summed E-state index contributed by atoms with van der Waals surface area (Å²) in [5, 5.41) is 0. The van der Waals surface area contributed by atoms with Crippen molar-refractivity contribution in [3.63, 3.8) is 0 Å². The average Bonchev–Trinajstić information content (AvgIpc) is 2.15. The summed E-state index contributed by atoms with van der Waals surface area (Å²) in [6.45, 7) is 6.81. The highest BCUT2D eigenvalue weighted by molar-refractivity contribution is 7.39. The normalized spacial score (nSPS) is 10.7. The zero-order valence-electron chi connectivity index (χ0n) is 10.2. The van der Waals surface area contributed by atoms with Crippen molar-refractivity contribution >= 4 is 14.9 Å². The van der Waals surface area contributed by atoms with Crippen LogP contribution in [0.4, 0.5) is 4.79 Å². The first-order valence-electron chi connectivity index (χ1n) is 5.62. The van der Waals surface area contributed by atoms with Gasteiger partial charge in [0.15, 0.2) is 0 Å². The second kappa shape index (κ2) is 9.11. The number of carbonyl (C=O) groups is 1. The van der Waals surface area contributed by atoms with Gasteiger partial charge in [0.1, 0.15) is 0 Å². The van der Waals surface area contributed by atoms with Crippen molar-refractivity contribution in [1.82, 2.24) is 4.90 Å². The number of ether oxygens (including phenoxy) is 1. The zero-order chi connectivity index (χ0) is 11.7. The van der Waals surface area contributed by atoms with E-state index in [1.165, 1.54) is 6.42 Å². The van der Waals surface area contributed by atoms with Crippen molar-refractivity contribution in [3.05, 3.63) is 0 Å². The van der Waals surface area contributed by atoms with E-state index in [-0.39, 0.29) is 5.65 Å². The van der Waals surface area contributed by atoms with Gasteiger partial charge >= 0.3 is 0 Å². The Kier molecular flexibility index (Phi) is 9.03. The van der Waals surface area contributed by atoms with Crippen LogP contribution in [0.5, 0.6) is 0 Å². The first-order chi connectivity index (χ1) is 7.04. The summed E-state index contributed by atoms with van der Waals surface area (Å²) in [4.78, 5) is 12.5. The molecule has 0 aliphatic heterocycles. The molecule has 0 N–H and O–H groups in total. The SMILES string of the molecule is CC(C)CCCOCCCN(C)C(=O)P. The molecule has 0 aliphatic carbocycles. The standard InChI is InChI=1S/C11H24NO2P/c1-10(2)6-4-8-14-9-5-7-12(3)11(13)15/h10H,4-9,15H2,1-3H3. The Morgan fingerprint density at radius 1 is 1.33 bits per heavy atom. The largest absolute Gasteiger partial charge is 0.381 e. The van der Waals surface area contributed by atoms with Gasteiger partial charge in [-0.2, -0.15) is 0 Å². The predicted molar refractivity (Wildman–Crippen MR) is 67.2 cm³/mol. The van der Waals surface area contributed by atoms with Crippen LogP contribution in [-0.4, -0.2) is 37.4 Å². The number of amides is 1. The maximum Gasteiger partial charge on any atom is 0.237 e. The van der Waals surface area contributed by atoms with E-state index in [1.54, 1.807) is 11.9 Å². The third kappa shape index (κ3) is 10.1. The molecule has 90 valence electrons. The molecule has 1 unspecified atom stereocenters. The van der Waals surface area contributed by atoms with Gasteiger partial charge in [0, 0.05) is 26.8 Å². The van der Waals surface area contributed by atoms with E-state index in [0.29, 0.717) is 0 Å². The molecule has 0 rings (SSSR count). The van der Waals surface area contributed by atoms with Crippen LogP contribution in [0.3, 0.4) is 0 Å². The van der Waals surface area contributed by atoms with E-state index in [9.17, 15) is 4.79 Å². The van der Waals surface area contributed by atoms with E-state index in [4.69, 9.17) is 4.74 Å². The molecule has 1 atom stereocenters. The van der Waals surface area contributed by atoms with Crippen LogP contribution in [0.2, 0.25) is 0 Å². The van der Waals surface area contributed by atoms with Crippen molar-refractivity contribution in [2.75, 3.05) is 26.8 Å². The second-order valence-electron chi connectivity index (χ2n) is 4.26. The van der Waals surface area contributed by atoms with Crippen molar-refractivity contribution in [3.8, 4) is 0 Å². The van der Waals surface area contributed by atoms with Crippen molar-refractivity contribution in [2.45, 2.75) is 33.1 Å². The Bertz CT molecular complexity index is 174. The van der Waals surface area contributed by atoms with Crippen molar-refractivity contribution in [2.24, 2.45) is 5.92 Å². The Morgan fingerprint density at radius 2 is 1.93 bits per heavy atom. The quantitative estimate of drug-likeness (QED) is 0.476. The van der Waals surface area contributed by atoms with Gasteiger partial charge in [-0.25, -0.2) is 0 Å². The van der Waals surface area contributed by atoms with Crippen molar-refractivity contribution in [1.29, 1.82) is 0 Å². The van der Waals surface area contributed by atoms with Crippen LogP contribution in [0.15, 0.2) is 0 Å². The maximum absolute atomic E-state index is 10.8. The third-order valence-corrected chi connectivity index (χ3v) is 2.67. The molecule has 0 heterocycles. The summed E-state index contributed by atoms with van der Waals surface area (Å²) in [6, 6.07) is 0. The lowest BCUT2D eigenvalue weighted by Crippen LogP contribution is -2.22. The molecular formula is C11H24NO2P. The highest BCUT2D eigenvalue weighted by atomic mass is 31.0. The minimum atomic E-state index is 0.0369. The van der Waals surface area contributed by atoms with Crippen LogP contribution in [-0.2, 0) is 4.74 Å². The van der Waals surface area contributed by atoms with Crippen LogP contribution in [0, 0.1) is 5.92 Å². The molecule has 0 saturated carbocycles. The van der Waals surface area contributed by atoms with Gasteiger partial charge in [0.25, 0.3) is 0 Å². The van der Waals surface area contributed by atoms with E-state index >= 15 is 0 Å². The van der Waals surface area contributed by atoms with Crippen LogP contribution < -0.4 is 0 Å². The molecular weight excluding hydrogens is 209 g/mol. The smallest absolute Gasteiger partial charge is 0.237 e. The fourth-order valence-electron chi connectivity index (χ4n) is 1.21. The summed E-state index contributed by atoms with van der Waals surface area (Å²) >= 11 is 0.